The van der Waals surface area contributed by atoms with Crippen LogP contribution in [0.5, 0.6) is 5.75 Å². The monoisotopic (exact) mass is 336 g/mol. The van der Waals surface area contributed by atoms with Crippen molar-refractivity contribution in [1.29, 1.82) is 0 Å². The highest BCUT2D eigenvalue weighted by Crippen LogP contribution is 2.24. The first kappa shape index (κ1) is 17.1. The molecule has 1 N–H and O–H groups in total. The van der Waals surface area contributed by atoms with Crippen molar-refractivity contribution in [2.24, 2.45) is 0 Å². The van der Waals surface area contributed by atoms with Gasteiger partial charge in [0.25, 0.3) is 0 Å². The predicted molar refractivity (Wildman–Crippen MR) is 81.6 cm³/mol. The van der Waals surface area contributed by atoms with E-state index < -0.39 is 22.4 Å². The van der Waals surface area contributed by atoms with Crippen LogP contribution >= 0.6 is 35.0 Å². The molecule has 0 spiro atoms. The Balaban J connectivity index is 2.83. The minimum atomic E-state index is -1.14. The lowest BCUT2D eigenvalue weighted by Crippen LogP contribution is -2.34. The number of methoxy groups -OCH3 is 1. The number of Topliss-reactive ketones (excluding diaryl/α,β-unsaturated/α-hetero) is 1. The Morgan fingerprint density at radius 2 is 1.95 bits per heavy atom. The third kappa shape index (κ3) is 4.58. The maximum absolute atomic E-state index is 12.2. The number of ketones is 1. The average Bonchev–Trinajstić information content (AvgIpc) is 2.46. The number of halogens is 2. The molecule has 0 amide bonds. The van der Waals surface area contributed by atoms with Gasteiger partial charge >= 0.3 is 5.97 Å². The second kappa shape index (κ2) is 8.39. The van der Waals surface area contributed by atoms with Crippen LogP contribution in [0.2, 0.25) is 0 Å². The van der Waals surface area contributed by atoms with Gasteiger partial charge in [0.15, 0.2) is 5.78 Å². The molecule has 20 heavy (non-hydrogen) atoms. The summed E-state index contributed by atoms with van der Waals surface area (Å²) in [5.74, 6) is -0.225. The SMILES string of the molecule is COc1ccc(C(=O)[C@H](Cl)[C@@H](SCCCl)C(=O)O)cc1. The Kier molecular flexibility index (Phi) is 7.19. The smallest absolute Gasteiger partial charge is 0.318 e. The van der Waals surface area contributed by atoms with Crippen LogP contribution in [0.4, 0.5) is 0 Å². The number of carbonyl (C=O) groups excluding carboxylic acids is 1. The van der Waals surface area contributed by atoms with Crippen LogP contribution in [-0.2, 0) is 4.79 Å². The maximum atomic E-state index is 12.2. The largest absolute Gasteiger partial charge is 0.497 e. The summed E-state index contributed by atoms with van der Waals surface area (Å²) in [5.41, 5.74) is 0.350. The first-order valence-electron chi connectivity index (χ1n) is 5.74. The quantitative estimate of drug-likeness (QED) is 0.584. The molecule has 0 unspecified atom stereocenters. The van der Waals surface area contributed by atoms with Crippen molar-refractivity contribution in [3.8, 4) is 5.75 Å². The van der Waals surface area contributed by atoms with Crippen LogP contribution in [0, 0.1) is 0 Å². The second-order valence-corrected chi connectivity index (χ2v) is 5.91. The van der Waals surface area contributed by atoms with Gasteiger partial charge in [0.1, 0.15) is 16.4 Å². The molecule has 0 fully saturated rings. The van der Waals surface area contributed by atoms with Crippen LogP contribution in [0.25, 0.3) is 0 Å². The van der Waals surface area contributed by atoms with E-state index in [4.69, 9.17) is 33.0 Å². The lowest BCUT2D eigenvalue weighted by molar-refractivity contribution is -0.136. The molecule has 0 bridgehead atoms. The normalized spacial score (nSPS) is 13.6. The molecule has 0 saturated carbocycles. The molecule has 7 heteroatoms. The van der Waals surface area contributed by atoms with E-state index in [2.05, 4.69) is 0 Å². The van der Waals surface area contributed by atoms with E-state index in [-0.39, 0.29) is 0 Å². The van der Waals surface area contributed by atoms with Crippen molar-refractivity contribution in [2.45, 2.75) is 10.6 Å². The first-order valence-corrected chi connectivity index (χ1v) is 7.76. The number of hydrogen-bond donors (Lipinski definition) is 1. The zero-order valence-electron chi connectivity index (χ0n) is 10.7. The molecule has 1 aromatic rings. The molecule has 110 valence electrons. The van der Waals surface area contributed by atoms with Crippen molar-refractivity contribution in [3.05, 3.63) is 29.8 Å². The molecular weight excluding hydrogens is 323 g/mol. The summed E-state index contributed by atoms with van der Waals surface area (Å²) in [6.07, 6.45) is 0. The van der Waals surface area contributed by atoms with E-state index in [1.54, 1.807) is 24.3 Å². The number of thioether (sulfide) groups is 1. The highest BCUT2D eigenvalue weighted by Gasteiger charge is 2.32. The molecule has 0 aliphatic heterocycles. The van der Waals surface area contributed by atoms with Gasteiger partial charge < -0.3 is 9.84 Å². The molecule has 1 rings (SSSR count). The highest BCUT2D eigenvalue weighted by molar-refractivity contribution is 8.00. The number of benzene rings is 1. The summed E-state index contributed by atoms with van der Waals surface area (Å²) in [5, 5.41) is 6.96. The Morgan fingerprint density at radius 3 is 2.40 bits per heavy atom. The zero-order valence-corrected chi connectivity index (χ0v) is 13.0. The Hall–Kier alpha value is -0.910. The molecular formula is C13H14Cl2O4S. The Bertz CT molecular complexity index is 464. The number of alkyl halides is 2. The average molecular weight is 337 g/mol. The summed E-state index contributed by atoms with van der Waals surface area (Å²) >= 11 is 12.6. The Morgan fingerprint density at radius 1 is 1.35 bits per heavy atom. The third-order valence-corrected chi connectivity index (χ3v) is 4.79. The molecule has 2 atom stereocenters. The molecule has 0 heterocycles. The van der Waals surface area contributed by atoms with Gasteiger partial charge in [0.2, 0.25) is 0 Å². The summed E-state index contributed by atoms with van der Waals surface area (Å²) in [7, 11) is 1.52. The lowest BCUT2D eigenvalue weighted by Gasteiger charge is -2.16. The maximum Gasteiger partial charge on any atom is 0.318 e. The van der Waals surface area contributed by atoms with Crippen molar-refractivity contribution in [2.75, 3.05) is 18.7 Å². The number of aliphatic carboxylic acids is 1. The summed E-state index contributed by atoms with van der Waals surface area (Å²) in [6.45, 7) is 0. The minimum absolute atomic E-state index is 0.300. The topological polar surface area (TPSA) is 63.6 Å². The van der Waals surface area contributed by atoms with Crippen molar-refractivity contribution in [1.82, 2.24) is 0 Å². The van der Waals surface area contributed by atoms with Crippen LogP contribution in [0.3, 0.4) is 0 Å². The molecule has 0 aliphatic carbocycles. The number of hydrogen-bond acceptors (Lipinski definition) is 4. The first-order chi connectivity index (χ1) is 9.51. The number of rotatable bonds is 8. The molecule has 0 aromatic heterocycles. The van der Waals surface area contributed by atoms with E-state index in [0.29, 0.717) is 22.9 Å². The number of carboxylic acid groups (broad SMARTS) is 1. The minimum Gasteiger partial charge on any atom is -0.497 e. The zero-order chi connectivity index (χ0) is 15.1. The summed E-state index contributed by atoms with van der Waals surface area (Å²) < 4.78 is 4.99. The van der Waals surface area contributed by atoms with Crippen LogP contribution < -0.4 is 4.74 Å². The van der Waals surface area contributed by atoms with E-state index in [1.807, 2.05) is 0 Å². The molecule has 0 saturated heterocycles. The van der Waals surface area contributed by atoms with Crippen molar-refractivity contribution in [3.63, 3.8) is 0 Å². The predicted octanol–water partition coefficient (Wildman–Crippen LogP) is 2.91. The van der Waals surface area contributed by atoms with Gasteiger partial charge in [-0.3, -0.25) is 9.59 Å². The third-order valence-electron chi connectivity index (χ3n) is 2.51. The van der Waals surface area contributed by atoms with Gasteiger partial charge in [0.05, 0.1) is 7.11 Å². The fourth-order valence-corrected chi connectivity index (χ4v) is 3.00. The highest BCUT2D eigenvalue weighted by atomic mass is 35.5. The lowest BCUT2D eigenvalue weighted by atomic mass is 10.1. The second-order valence-electron chi connectivity index (χ2n) is 3.81. The summed E-state index contributed by atoms with van der Waals surface area (Å²) in [6, 6.07) is 6.36. The standard InChI is InChI=1S/C13H14Cl2O4S/c1-19-9-4-2-8(3-5-9)11(16)10(15)12(13(17)18)20-7-6-14/h2-5,10,12H,6-7H2,1H3,(H,17,18)/t10-,12+/m0/s1. The molecule has 1 aromatic carbocycles. The Labute approximate surface area is 131 Å². The van der Waals surface area contributed by atoms with Gasteiger partial charge in [-0.25, -0.2) is 0 Å². The molecule has 0 aliphatic rings. The van der Waals surface area contributed by atoms with Crippen LogP contribution in [-0.4, -0.2) is 46.2 Å². The molecule has 4 nitrogen and oxygen atoms in total. The van der Waals surface area contributed by atoms with Crippen molar-refractivity contribution < 1.29 is 19.4 Å². The van der Waals surface area contributed by atoms with Crippen LogP contribution in [0.1, 0.15) is 10.4 Å². The summed E-state index contributed by atoms with van der Waals surface area (Å²) in [4.78, 5) is 23.3. The van der Waals surface area contributed by atoms with Crippen molar-refractivity contribution >= 4 is 46.7 Å². The fourth-order valence-electron chi connectivity index (χ4n) is 1.50. The number of carboxylic acids is 1. The van der Waals surface area contributed by atoms with E-state index in [0.717, 1.165) is 11.8 Å². The van der Waals surface area contributed by atoms with E-state index in [9.17, 15) is 9.59 Å². The number of ether oxygens (including phenoxy) is 1. The van der Waals surface area contributed by atoms with E-state index in [1.165, 1.54) is 7.11 Å². The van der Waals surface area contributed by atoms with Gasteiger partial charge in [-0.05, 0) is 24.3 Å². The number of carbonyl (C=O) groups is 2. The van der Waals surface area contributed by atoms with E-state index >= 15 is 0 Å². The van der Waals surface area contributed by atoms with Gasteiger partial charge in [-0.15, -0.1) is 35.0 Å². The van der Waals surface area contributed by atoms with Gasteiger partial charge in [-0.1, -0.05) is 0 Å². The van der Waals surface area contributed by atoms with Gasteiger partial charge in [-0.2, -0.15) is 0 Å². The van der Waals surface area contributed by atoms with Crippen LogP contribution in [0.15, 0.2) is 24.3 Å². The van der Waals surface area contributed by atoms with Gasteiger partial charge in [0, 0.05) is 17.2 Å². The molecule has 0 radical (unpaired) electrons. The fraction of sp³-hybridized carbons (Fsp3) is 0.385.